The number of hydrogen-bond donors (Lipinski definition) is 2. The molecule has 0 aromatic carbocycles. The maximum atomic E-state index is 11.9. The smallest absolute Gasteiger partial charge is 0.237 e. The lowest BCUT2D eigenvalue weighted by atomic mass is 10.0. The molecule has 0 aromatic rings. The van der Waals surface area contributed by atoms with Gasteiger partial charge in [-0.15, -0.1) is 0 Å². The van der Waals surface area contributed by atoms with Gasteiger partial charge in [-0.05, 0) is 39.0 Å². The number of hydrogen-bond acceptors (Lipinski definition) is 3. The van der Waals surface area contributed by atoms with E-state index in [0.717, 1.165) is 32.4 Å². The highest BCUT2D eigenvalue weighted by Crippen LogP contribution is 2.13. The Morgan fingerprint density at radius 3 is 2.28 bits per heavy atom. The number of likely N-dealkylation sites (tertiary alicyclic amines) is 1. The van der Waals surface area contributed by atoms with E-state index in [9.17, 15) is 4.79 Å². The molecule has 106 valence electrons. The Hall–Kier alpha value is -0.610. The van der Waals surface area contributed by atoms with Crippen LogP contribution >= 0.6 is 0 Å². The maximum Gasteiger partial charge on any atom is 0.237 e. The Bertz CT molecular complexity index is 258. The van der Waals surface area contributed by atoms with Crippen molar-refractivity contribution in [3.05, 3.63) is 0 Å². The number of nitrogens with two attached hydrogens (primary N) is 1. The molecule has 1 fully saturated rings. The topological polar surface area (TPSA) is 58.4 Å². The van der Waals surface area contributed by atoms with Gasteiger partial charge in [0.05, 0.1) is 6.04 Å². The molecule has 1 saturated heterocycles. The second kappa shape index (κ2) is 7.10. The molecular weight excluding hydrogens is 226 g/mol. The molecule has 0 spiro atoms. The van der Waals surface area contributed by atoms with Crippen LogP contribution in [-0.2, 0) is 4.79 Å². The van der Waals surface area contributed by atoms with E-state index in [1.54, 1.807) is 0 Å². The number of nitrogens with one attached hydrogen (secondary N) is 1. The molecule has 0 aliphatic carbocycles. The zero-order chi connectivity index (χ0) is 13.7. The highest BCUT2D eigenvalue weighted by molar-refractivity contribution is 5.81. The first-order valence-corrected chi connectivity index (χ1v) is 7.20. The van der Waals surface area contributed by atoms with E-state index < -0.39 is 0 Å². The van der Waals surface area contributed by atoms with Crippen molar-refractivity contribution in [3.63, 3.8) is 0 Å². The average Bonchev–Trinajstić information content (AvgIpc) is 2.28. The van der Waals surface area contributed by atoms with Gasteiger partial charge in [0, 0.05) is 25.2 Å². The zero-order valence-corrected chi connectivity index (χ0v) is 12.3. The van der Waals surface area contributed by atoms with Crippen molar-refractivity contribution in [3.8, 4) is 0 Å². The molecule has 0 bridgehead atoms. The Labute approximate surface area is 111 Å². The molecule has 1 aliphatic heterocycles. The van der Waals surface area contributed by atoms with Gasteiger partial charge in [-0.2, -0.15) is 0 Å². The first-order valence-electron chi connectivity index (χ1n) is 7.20. The minimum Gasteiger partial charge on any atom is -0.352 e. The highest BCUT2D eigenvalue weighted by Gasteiger charge is 2.24. The van der Waals surface area contributed by atoms with Crippen LogP contribution in [-0.4, -0.2) is 42.0 Å². The average molecular weight is 255 g/mol. The molecule has 4 heteroatoms. The van der Waals surface area contributed by atoms with Gasteiger partial charge in [-0.3, -0.25) is 4.79 Å². The lowest BCUT2D eigenvalue weighted by molar-refractivity contribution is -0.123. The van der Waals surface area contributed by atoms with Crippen LogP contribution in [0.3, 0.4) is 0 Å². The summed E-state index contributed by atoms with van der Waals surface area (Å²) in [4.78, 5) is 14.4. The van der Waals surface area contributed by atoms with E-state index in [1.807, 2.05) is 0 Å². The van der Waals surface area contributed by atoms with Gasteiger partial charge in [-0.1, -0.05) is 13.8 Å². The van der Waals surface area contributed by atoms with Crippen LogP contribution in [0.1, 0.15) is 47.0 Å². The number of carbonyl (C=O) groups is 1. The standard InChI is InChI=1S/C14H29N3O/c1-10(2)9-13(15)14(18)16-12-5-7-17(8-6-12)11(3)4/h10-13H,5-9,15H2,1-4H3,(H,16,18). The predicted octanol–water partition coefficient (Wildman–Crippen LogP) is 1.35. The quantitative estimate of drug-likeness (QED) is 0.779. The van der Waals surface area contributed by atoms with Crippen LogP contribution in [0.2, 0.25) is 0 Å². The molecule has 1 unspecified atom stereocenters. The second-order valence-corrected chi connectivity index (χ2v) is 6.15. The first kappa shape index (κ1) is 15.4. The third kappa shape index (κ3) is 4.94. The number of amides is 1. The van der Waals surface area contributed by atoms with Crippen LogP contribution in [0, 0.1) is 5.92 Å². The van der Waals surface area contributed by atoms with Crippen molar-refractivity contribution in [2.45, 2.75) is 65.1 Å². The van der Waals surface area contributed by atoms with E-state index in [1.165, 1.54) is 0 Å². The maximum absolute atomic E-state index is 11.9. The summed E-state index contributed by atoms with van der Waals surface area (Å²) in [5.41, 5.74) is 5.89. The molecular formula is C14H29N3O. The molecule has 18 heavy (non-hydrogen) atoms. The van der Waals surface area contributed by atoms with Crippen molar-refractivity contribution in [1.29, 1.82) is 0 Å². The van der Waals surface area contributed by atoms with Gasteiger partial charge >= 0.3 is 0 Å². The van der Waals surface area contributed by atoms with Crippen molar-refractivity contribution in [2.24, 2.45) is 11.7 Å². The van der Waals surface area contributed by atoms with E-state index in [2.05, 4.69) is 37.9 Å². The summed E-state index contributed by atoms with van der Waals surface area (Å²) in [5.74, 6) is 0.486. The third-order valence-corrected chi connectivity index (χ3v) is 3.67. The molecule has 0 aromatic heterocycles. The van der Waals surface area contributed by atoms with E-state index in [0.29, 0.717) is 18.0 Å². The van der Waals surface area contributed by atoms with Crippen molar-refractivity contribution in [1.82, 2.24) is 10.2 Å². The summed E-state index contributed by atoms with van der Waals surface area (Å²) in [5, 5.41) is 3.09. The van der Waals surface area contributed by atoms with Crippen LogP contribution in [0.5, 0.6) is 0 Å². The van der Waals surface area contributed by atoms with E-state index in [4.69, 9.17) is 5.73 Å². The monoisotopic (exact) mass is 255 g/mol. The fourth-order valence-electron chi connectivity index (χ4n) is 2.48. The Kier molecular flexibility index (Phi) is 6.09. The molecule has 1 atom stereocenters. The molecule has 1 heterocycles. The fraction of sp³-hybridized carbons (Fsp3) is 0.929. The molecule has 1 rings (SSSR count). The Morgan fingerprint density at radius 1 is 1.28 bits per heavy atom. The van der Waals surface area contributed by atoms with Crippen LogP contribution in [0.4, 0.5) is 0 Å². The first-order chi connectivity index (χ1) is 8.40. The zero-order valence-electron chi connectivity index (χ0n) is 12.3. The lowest BCUT2D eigenvalue weighted by Gasteiger charge is -2.35. The van der Waals surface area contributed by atoms with Gasteiger partial charge in [0.1, 0.15) is 0 Å². The van der Waals surface area contributed by atoms with Crippen molar-refractivity contribution >= 4 is 5.91 Å². The normalized spacial score (nSPS) is 20.4. The van der Waals surface area contributed by atoms with Crippen LogP contribution in [0.15, 0.2) is 0 Å². The summed E-state index contributed by atoms with van der Waals surface area (Å²) in [6.45, 7) is 10.8. The van der Waals surface area contributed by atoms with Gasteiger partial charge < -0.3 is 16.0 Å². The minimum atomic E-state index is -0.354. The molecule has 4 nitrogen and oxygen atoms in total. The van der Waals surface area contributed by atoms with Crippen LogP contribution < -0.4 is 11.1 Å². The molecule has 0 saturated carbocycles. The molecule has 1 amide bonds. The third-order valence-electron chi connectivity index (χ3n) is 3.67. The SMILES string of the molecule is CC(C)CC(N)C(=O)NC1CCN(C(C)C)CC1. The van der Waals surface area contributed by atoms with Crippen molar-refractivity contribution in [2.75, 3.05) is 13.1 Å². The Balaban J connectivity index is 2.30. The Morgan fingerprint density at radius 2 is 1.83 bits per heavy atom. The summed E-state index contributed by atoms with van der Waals surface area (Å²) >= 11 is 0. The highest BCUT2D eigenvalue weighted by atomic mass is 16.2. The summed E-state index contributed by atoms with van der Waals surface area (Å²) in [7, 11) is 0. The molecule has 0 radical (unpaired) electrons. The van der Waals surface area contributed by atoms with Gasteiger partial charge in [0.2, 0.25) is 5.91 Å². The number of nitrogens with zero attached hydrogens (tertiary/aromatic N) is 1. The summed E-state index contributed by atoms with van der Waals surface area (Å²) < 4.78 is 0. The molecule has 3 N–H and O–H groups in total. The second-order valence-electron chi connectivity index (χ2n) is 6.15. The number of piperidine rings is 1. The largest absolute Gasteiger partial charge is 0.352 e. The van der Waals surface area contributed by atoms with Crippen LogP contribution in [0.25, 0.3) is 0 Å². The van der Waals surface area contributed by atoms with E-state index in [-0.39, 0.29) is 11.9 Å². The summed E-state index contributed by atoms with van der Waals surface area (Å²) in [6, 6.07) is 0.559. The van der Waals surface area contributed by atoms with Gasteiger partial charge in [0.25, 0.3) is 0 Å². The predicted molar refractivity (Wildman–Crippen MR) is 75.3 cm³/mol. The fourth-order valence-corrected chi connectivity index (χ4v) is 2.48. The van der Waals surface area contributed by atoms with Crippen molar-refractivity contribution < 1.29 is 4.79 Å². The van der Waals surface area contributed by atoms with Gasteiger partial charge in [0.15, 0.2) is 0 Å². The number of rotatable bonds is 5. The summed E-state index contributed by atoms with van der Waals surface area (Å²) in [6.07, 6.45) is 2.84. The van der Waals surface area contributed by atoms with E-state index >= 15 is 0 Å². The molecule has 1 aliphatic rings. The lowest BCUT2D eigenvalue weighted by Crippen LogP contribution is -2.50. The number of carbonyl (C=O) groups excluding carboxylic acids is 1. The minimum absolute atomic E-state index is 0.0201. The van der Waals surface area contributed by atoms with Gasteiger partial charge in [-0.25, -0.2) is 0 Å².